The molecule has 0 aliphatic heterocycles. The van der Waals surface area contributed by atoms with Crippen LogP contribution in [0.3, 0.4) is 0 Å². The van der Waals surface area contributed by atoms with E-state index in [0.29, 0.717) is 11.4 Å². The highest BCUT2D eigenvalue weighted by atomic mass is 32.2. The first-order valence-corrected chi connectivity index (χ1v) is 10.4. The molecule has 0 aromatic heterocycles. The number of nitrogens with one attached hydrogen (secondary N) is 1. The van der Waals surface area contributed by atoms with E-state index in [0.717, 1.165) is 28.7 Å². The molecule has 1 aliphatic rings. The number of rotatable bonds is 8. The minimum absolute atomic E-state index is 0.316. The Hall–Kier alpha value is -0.720. The van der Waals surface area contributed by atoms with E-state index in [1.807, 2.05) is 18.7 Å². The van der Waals surface area contributed by atoms with Gasteiger partial charge < -0.3 is 4.74 Å². The van der Waals surface area contributed by atoms with E-state index in [4.69, 9.17) is 4.74 Å². The third-order valence-corrected chi connectivity index (χ3v) is 6.83. The summed E-state index contributed by atoms with van der Waals surface area (Å²) in [6, 6.07) is 5.02. The van der Waals surface area contributed by atoms with Crippen LogP contribution in [-0.2, 0) is 16.4 Å². The van der Waals surface area contributed by atoms with Gasteiger partial charge in [-0.1, -0.05) is 19.8 Å². The maximum Gasteiger partial charge on any atom is 0.240 e. The minimum Gasteiger partial charge on any atom is -0.496 e. The fourth-order valence-corrected chi connectivity index (χ4v) is 5.17. The summed E-state index contributed by atoms with van der Waals surface area (Å²) in [6.07, 6.45) is 5.92. The Bertz CT molecular complexity index is 581. The lowest BCUT2D eigenvalue weighted by molar-refractivity contribution is 0.409. The lowest BCUT2D eigenvalue weighted by Crippen LogP contribution is -2.26. The molecule has 124 valence electrons. The van der Waals surface area contributed by atoms with Gasteiger partial charge in [0.05, 0.1) is 12.0 Å². The quantitative estimate of drug-likeness (QED) is 0.737. The molecule has 1 N–H and O–H groups in total. The summed E-state index contributed by atoms with van der Waals surface area (Å²) in [7, 11) is -1.83. The molecule has 22 heavy (non-hydrogen) atoms. The van der Waals surface area contributed by atoms with Crippen molar-refractivity contribution in [2.75, 3.05) is 19.4 Å². The molecular weight excluding hydrogens is 318 g/mol. The summed E-state index contributed by atoms with van der Waals surface area (Å²) in [5, 5.41) is 0.720. The molecular formula is C16H25NO3S2. The van der Waals surface area contributed by atoms with Gasteiger partial charge in [-0.2, -0.15) is 11.8 Å². The number of benzene rings is 1. The first-order chi connectivity index (χ1) is 10.6. The van der Waals surface area contributed by atoms with Crippen molar-refractivity contribution in [1.82, 2.24) is 4.72 Å². The first-order valence-electron chi connectivity index (χ1n) is 7.85. The summed E-state index contributed by atoms with van der Waals surface area (Å²) < 4.78 is 32.6. The van der Waals surface area contributed by atoms with Crippen LogP contribution in [0, 0.1) is 0 Å². The van der Waals surface area contributed by atoms with E-state index in [-0.39, 0.29) is 0 Å². The van der Waals surface area contributed by atoms with Crippen LogP contribution in [0.15, 0.2) is 23.1 Å². The number of thioether (sulfide) groups is 1. The van der Waals surface area contributed by atoms with Crippen LogP contribution in [0.1, 0.15) is 38.2 Å². The maximum atomic E-state index is 12.3. The van der Waals surface area contributed by atoms with Gasteiger partial charge in [0, 0.05) is 17.5 Å². The summed E-state index contributed by atoms with van der Waals surface area (Å²) in [5.74, 6) is 1.57. The average molecular weight is 344 g/mol. The van der Waals surface area contributed by atoms with E-state index in [1.165, 1.54) is 25.7 Å². The van der Waals surface area contributed by atoms with Gasteiger partial charge in [0.1, 0.15) is 5.75 Å². The first kappa shape index (κ1) is 17.6. The Kier molecular flexibility index (Phi) is 6.59. The van der Waals surface area contributed by atoms with E-state index >= 15 is 0 Å². The van der Waals surface area contributed by atoms with Crippen LogP contribution >= 0.6 is 11.8 Å². The topological polar surface area (TPSA) is 55.4 Å². The zero-order chi connectivity index (χ0) is 16.0. The molecule has 2 rings (SSSR count). The standard InChI is InChI=1S/C16H25NO3S2/c1-3-13-12-15(8-9-16(13)20-2)22(18,19)17-10-11-21-14-6-4-5-7-14/h8-9,12,14,17H,3-7,10-11H2,1-2H3. The molecule has 0 spiro atoms. The van der Waals surface area contributed by atoms with Gasteiger partial charge in [-0.05, 0) is 43.0 Å². The highest BCUT2D eigenvalue weighted by molar-refractivity contribution is 8.00. The van der Waals surface area contributed by atoms with Crippen LogP contribution in [-0.4, -0.2) is 33.1 Å². The summed E-state index contributed by atoms with van der Waals surface area (Å²) in [6.45, 7) is 2.47. The fraction of sp³-hybridized carbons (Fsp3) is 0.625. The van der Waals surface area contributed by atoms with Gasteiger partial charge in [0.15, 0.2) is 0 Å². The highest BCUT2D eigenvalue weighted by Gasteiger charge is 2.17. The normalized spacial score (nSPS) is 16.1. The molecule has 0 heterocycles. The van der Waals surface area contributed by atoms with Gasteiger partial charge in [0.2, 0.25) is 10.0 Å². The van der Waals surface area contributed by atoms with Crippen LogP contribution in [0.4, 0.5) is 0 Å². The van der Waals surface area contributed by atoms with Crippen LogP contribution in [0.2, 0.25) is 0 Å². The Labute approximate surface area is 138 Å². The van der Waals surface area contributed by atoms with Crippen molar-refractivity contribution >= 4 is 21.8 Å². The lowest BCUT2D eigenvalue weighted by Gasteiger charge is -2.12. The number of hydrogen-bond donors (Lipinski definition) is 1. The molecule has 0 bridgehead atoms. The molecule has 0 amide bonds. The Morgan fingerprint density at radius 2 is 2.05 bits per heavy atom. The molecule has 1 aromatic rings. The van der Waals surface area contributed by atoms with Crippen molar-refractivity contribution in [3.05, 3.63) is 23.8 Å². The summed E-state index contributed by atoms with van der Waals surface area (Å²) >= 11 is 1.89. The molecule has 1 fully saturated rings. The second-order valence-corrected chi connectivity index (χ2v) is 8.68. The van der Waals surface area contributed by atoms with Gasteiger partial charge in [-0.15, -0.1) is 0 Å². The second-order valence-electron chi connectivity index (χ2n) is 5.50. The van der Waals surface area contributed by atoms with Crippen LogP contribution in [0.5, 0.6) is 5.75 Å². The molecule has 6 heteroatoms. The Balaban J connectivity index is 1.91. The third kappa shape index (κ3) is 4.64. The van der Waals surface area contributed by atoms with Crippen molar-refractivity contribution < 1.29 is 13.2 Å². The number of sulfonamides is 1. The molecule has 4 nitrogen and oxygen atoms in total. The van der Waals surface area contributed by atoms with Crippen molar-refractivity contribution in [1.29, 1.82) is 0 Å². The summed E-state index contributed by atoms with van der Waals surface area (Å²) in [5.41, 5.74) is 0.908. The van der Waals surface area contributed by atoms with Gasteiger partial charge in [0.25, 0.3) is 0 Å². The van der Waals surface area contributed by atoms with E-state index in [1.54, 1.807) is 25.3 Å². The van der Waals surface area contributed by atoms with Gasteiger partial charge in [-0.3, -0.25) is 0 Å². The van der Waals surface area contributed by atoms with Crippen molar-refractivity contribution in [3.8, 4) is 5.75 Å². The number of ether oxygens (including phenoxy) is 1. The molecule has 0 atom stereocenters. The SMILES string of the molecule is CCc1cc(S(=O)(=O)NCCSC2CCCC2)ccc1OC. The number of aryl methyl sites for hydroxylation is 1. The Morgan fingerprint density at radius 3 is 2.68 bits per heavy atom. The van der Waals surface area contributed by atoms with E-state index < -0.39 is 10.0 Å². The average Bonchev–Trinajstić information content (AvgIpc) is 3.04. The van der Waals surface area contributed by atoms with E-state index in [2.05, 4.69) is 4.72 Å². The molecule has 1 aliphatic carbocycles. The molecule has 0 unspecified atom stereocenters. The number of hydrogen-bond acceptors (Lipinski definition) is 4. The Morgan fingerprint density at radius 1 is 1.32 bits per heavy atom. The molecule has 0 radical (unpaired) electrons. The zero-order valence-corrected chi connectivity index (χ0v) is 14.9. The predicted octanol–water partition coefficient (Wildman–Crippen LogP) is 3.21. The van der Waals surface area contributed by atoms with Gasteiger partial charge in [-0.25, -0.2) is 13.1 Å². The van der Waals surface area contributed by atoms with Crippen molar-refractivity contribution in [3.63, 3.8) is 0 Å². The zero-order valence-electron chi connectivity index (χ0n) is 13.3. The van der Waals surface area contributed by atoms with Crippen LogP contribution < -0.4 is 9.46 Å². The molecule has 1 aromatic carbocycles. The second kappa shape index (κ2) is 8.22. The third-order valence-electron chi connectivity index (χ3n) is 3.99. The van der Waals surface area contributed by atoms with Gasteiger partial charge >= 0.3 is 0 Å². The fourth-order valence-electron chi connectivity index (χ4n) is 2.74. The van der Waals surface area contributed by atoms with E-state index in [9.17, 15) is 8.42 Å². The monoisotopic (exact) mass is 343 g/mol. The van der Waals surface area contributed by atoms with Crippen molar-refractivity contribution in [2.24, 2.45) is 0 Å². The van der Waals surface area contributed by atoms with Crippen molar-refractivity contribution in [2.45, 2.75) is 49.2 Å². The smallest absolute Gasteiger partial charge is 0.240 e. The number of methoxy groups -OCH3 is 1. The van der Waals surface area contributed by atoms with Crippen LogP contribution in [0.25, 0.3) is 0 Å². The molecule has 0 saturated heterocycles. The lowest BCUT2D eigenvalue weighted by atomic mass is 10.1. The largest absolute Gasteiger partial charge is 0.496 e. The summed E-state index contributed by atoms with van der Waals surface area (Å²) in [4.78, 5) is 0.316. The highest BCUT2D eigenvalue weighted by Crippen LogP contribution is 2.29. The minimum atomic E-state index is -3.43. The molecule has 1 saturated carbocycles. The predicted molar refractivity (Wildman–Crippen MR) is 92.3 cm³/mol. The maximum absolute atomic E-state index is 12.3.